The molecule has 0 spiro atoms. The second-order valence-electron chi connectivity index (χ2n) is 11.5. The van der Waals surface area contributed by atoms with Crippen molar-refractivity contribution in [3.05, 3.63) is 55.0 Å². The van der Waals surface area contributed by atoms with Gasteiger partial charge in [0.1, 0.15) is 59.3 Å². The van der Waals surface area contributed by atoms with Gasteiger partial charge in [-0.25, -0.2) is 23.7 Å². The van der Waals surface area contributed by atoms with Crippen molar-refractivity contribution in [1.29, 1.82) is 0 Å². The van der Waals surface area contributed by atoms with Gasteiger partial charge in [0.2, 0.25) is 0 Å². The molecule has 9 nitrogen and oxygen atoms in total. The summed E-state index contributed by atoms with van der Waals surface area (Å²) < 4.78 is 43.7. The Morgan fingerprint density at radius 2 is 0.841 bits per heavy atom. The van der Waals surface area contributed by atoms with E-state index in [1.54, 1.807) is 36.5 Å². The number of halogens is 2. The maximum atomic E-state index is 13.4. The molecule has 6 N–H and O–H groups in total. The SMILES string of the molecule is Nc1ccc(OC2CCCCC2)cn1.Nc1ccc(O[C@@H]2CCCC[C@@H]2F)cn1.Nc1ccc(O[C@H]2CCCC[C@@H]2F)cn1. The molecule has 240 valence electrons. The molecule has 11 heteroatoms. The Labute approximate surface area is 258 Å². The summed E-state index contributed by atoms with van der Waals surface area (Å²) in [6.07, 6.45) is 15.8. The summed E-state index contributed by atoms with van der Waals surface area (Å²) in [4.78, 5) is 11.8. The van der Waals surface area contributed by atoms with Crippen molar-refractivity contribution >= 4 is 17.5 Å². The van der Waals surface area contributed by atoms with Crippen LogP contribution in [0.5, 0.6) is 17.2 Å². The molecule has 6 rings (SSSR count). The van der Waals surface area contributed by atoms with Gasteiger partial charge in [0, 0.05) is 0 Å². The lowest BCUT2D eigenvalue weighted by molar-refractivity contribution is 0.0635. The maximum absolute atomic E-state index is 13.4. The minimum atomic E-state index is -0.851. The predicted octanol–water partition coefficient (Wildman–Crippen LogP) is 7.02. The van der Waals surface area contributed by atoms with Crippen LogP contribution < -0.4 is 31.4 Å². The van der Waals surface area contributed by atoms with Crippen LogP contribution in [0.25, 0.3) is 0 Å². The van der Waals surface area contributed by atoms with Gasteiger partial charge in [-0.2, -0.15) is 0 Å². The maximum Gasteiger partial charge on any atom is 0.138 e. The lowest BCUT2D eigenvalue weighted by Crippen LogP contribution is -2.31. The molecule has 0 radical (unpaired) electrons. The monoisotopic (exact) mass is 612 g/mol. The van der Waals surface area contributed by atoms with Crippen LogP contribution in [0.4, 0.5) is 26.2 Å². The third-order valence-corrected chi connectivity index (χ3v) is 7.95. The normalized spacial score (nSPS) is 23.6. The molecule has 0 aromatic carbocycles. The molecule has 0 saturated heterocycles. The Kier molecular flexibility index (Phi) is 13.1. The summed E-state index contributed by atoms with van der Waals surface area (Å²) in [5.74, 6) is 3.47. The quantitative estimate of drug-likeness (QED) is 0.267. The molecule has 3 aromatic heterocycles. The lowest BCUT2D eigenvalue weighted by Gasteiger charge is -2.26. The molecule has 3 aliphatic rings. The highest BCUT2D eigenvalue weighted by molar-refractivity contribution is 5.33. The van der Waals surface area contributed by atoms with E-state index in [9.17, 15) is 8.78 Å². The molecule has 0 aliphatic heterocycles. The van der Waals surface area contributed by atoms with Crippen molar-refractivity contribution in [2.75, 3.05) is 17.2 Å². The third-order valence-electron chi connectivity index (χ3n) is 7.95. The molecular formula is C33H46F2N6O3. The number of anilines is 3. The summed E-state index contributed by atoms with van der Waals surface area (Å²) in [6, 6.07) is 10.4. The first-order valence-corrected chi connectivity index (χ1v) is 15.8. The van der Waals surface area contributed by atoms with Crippen LogP contribution in [-0.4, -0.2) is 45.6 Å². The molecule has 4 atom stereocenters. The van der Waals surface area contributed by atoms with E-state index in [0.717, 1.165) is 44.3 Å². The summed E-state index contributed by atoms with van der Waals surface area (Å²) >= 11 is 0. The second-order valence-corrected chi connectivity index (χ2v) is 11.5. The predicted molar refractivity (Wildman–Crippen MR) is 169 cm³/mol. The fourth-order valence-electron chi connectivity index (χ4n) is 5.48. The van der Waals surface area contributed by atoms with Gasteiger partial charge >= 0.3 is 0 Å². The minimum absolute atomic E-state index is 0.316. The summed E-state index contributed by atoms with van der Waals surface area (Å²) in [7, 11) is 0. The van der Waals surface area contributed by atoms with Gasteiger partial charge in [-0.3, -0.25) is 0 Å². The zero-order chi connectivity index (χ0) is 31.1. The minimum Gasteiger partial charge on any atom is -0.489 e. The van der Waals surface area contributed by atoms with Crippen molar-refractivity contribution in [2.45, 2.75) is 114 Å². The first-order chi connectivity index (χ1) is 21.4. The van der Waals surface area contributed by atoms with Crippen molar-refractivity contribution in [2.24, 2.45) is 0 Å². The zero-order valence-electron chi connectivity index (χ0n) is 25.3. The summed E-state index contributed by atoms with van der Waals surface area (Å²) in [5.41, 5.74) is 16.4. The van der Waals surface area contributed by atoms with Gasteiger partial charge in [0.25, 0.3) is 0 Å². The number of rotatable bonds is 6. The van der Waals surface area contributed by atoms with Crippen LogP contribution in [0.3, 0.4) is 0 Å². The van der Waals surface area contributed by atoms with Crippen molar-refractivity contribution in [3.63, 3.8) is 0 Å². The molecule has 3 heterocycles. The van der Waals surface area contributed by atoms with Crippen molar-refractivity contribution in [1.82, 2.24) is 15.0 Å². The highest BCUT2D eigenvalue weighted by Crippen LogP contribution is 2.27. The van der Waals surface area contributed by atoms with Gasteiger partial charge in [-0.15, -0.1) is 0 Å². The van der Waals surface area contributed by atoms with Crippen molar-refractivity contribution in [3.8, 4) is 17.2 Å². The number of aromatic nitrogens is 3. The van der Waals surface area contributed by atoms with Crippen LogP contribution in [0.2, 0.25) is 0 Å². The van der Waals surface area contributed by atoms with E-state index in [0.29, 0.717) is 47.9 Å². The number of nitrogens with two attached hydrogens (primary N) is 3. The van der Waals surface area contributed by atoms with E-state index < -0.39 is 12.3 Å². The van der Waals surface area contributed by atoms with Gasteiger partial charge in [0.15, 0.2) is 0 Å². The van der Waals surface area contributed by atoms with E-state index in [4.69, 9.17) is 31.4 Å². The Hall–Kier alpha value is -3.89. The molecule has 0 amide bonds. The second kappa shape index (κ2) is 17.4. The first kappa shape index (κ1) is 33.0. The first-order valence-electron chi connectivity index (χ1n) is 15.8. The molecule has 3 saturated carbocycles. The summed E-state index contributed by atoms with van der Waals surface area (Å²) in [5, 5.41) is 0. The lowest BCUT2D eigenvalue weighted by atomic mass is 9.96. The third kappa shape index (κ3) is 11.3. The Balaban J connectivity index is 0.000000151. The zero-order valence-corrected chi connectivity index (χ0v) is 25.3. The van der Waals surface area contributed by atoms with Gasteiger partial charge in [-0.05, 0) is 101 Å². The number of nitrogens with zero attached hydrogens (tertiary/aromatic N) is 3. The van der Waals surface area contributed by atoms with Crippen LogP contribution in [0.1, 0.15) is 83.5 Å². The number of hydrogen-bond acceptors (Lipinski definition) is 9. The van der Waals surface area contributed by atoms with E-state index >= 15 is 0 Å². The Morgan fingerprint density at radius 3 is 1.20 bits per heavy atom. The van der Waals surface area contributed by atoms with E-state index in [1.807, 2.05) is 6.07 Å². The van der Waals surface area contributed by atoms with Crippen LogP contribution in [0, 0.1) is 0 Å². The number of hydrogen-bond donors (Lipinski definition) is 3. The average molecular weight is 613 g/mol. The topological polar surface area (TPSA) is 144 Å². The largest absolute Gasteiger partial charge is 0.489 e. The van der Waals surface area contributed by atoms with E-state index in [1.165, 1.54) is 44.5 Å². The Morgan fingerprint density at radius 1 is 0.477 bits per heavy atom. The highest BCUT2D eigenvalue weighted by atomic mass is 19.1. The van der Waals surface area contributed by atoms with Gasteiger partial charge < -0.3 is 31.4 Å². The number of nitrogen functional groups attached to an aromatic ring is 3. The van der Waals surface area contributed by atoms with E-state index in [-0.39, 0.29) is 12.2 Å². The molecule has 3 aliphatic carbocycles. The molecule has 0 unspecified atom stereocenters. The highest BCUT2D eigenvalue weighted by Gasteiger charge is 2.27. The molecule has 3 fully saturated rings. The van der Waals surface area contributed by atoms with Crippen LogP contribution in [0.15, 0.2) is 55.0 Å². The summed E-state index contributed by atoms with van der Waals surface area (Å²) in [6.45, 7) is 0. The standard InChI is InChI=1S/2C11H15FN2O.C11H16N2O/c2*12-9-3-1-2-4-10(9)15-8-5-6-11(13)14-7-8;12-11-7-6-10(8-13-11)14-9-4-2-1-3-5-9/h2*5-7,9-10H,1-4H2,(H2,13,14);6-9H,1-5H2,(H2,12,13)/t9-,10+;9-,10-;/m00./s1. The number of alkyl halides is 2. The fourth-order valence-corrected chi connectivity index (χ4v) is 5.48. The number of ether oxygens (including phenoxy) is 3. The Bertz CT molecular complexity index is 1150. The van der Waals surface area contributed by atoms with Crippen LogP contribution >= 0.6 is 0 Å². The number of pyridine rings is 3. The molecular weight excluding hydrogens is 566 g/mol. The molecule has 0 bridgehead atoms. The molecule has 3 aromatic rings. The smallest absolute Gasteiger partial charge is 0.138 e. The van der Waals surface area contributed by atoms with E-state index in [2.05, 4.69) is 15.0 Å². The van der Waals surface area contributed by atoms with Gasteiger partial charge in [0.05, 0.1) is 24.7 Å². The average Bonchev–Trinajstić information content (AvgIpc) is 3.04. The van der Waals surface area contributed by atoms with Crippen molar-refractivity contribution < 1.29 is 23.0 Å². The van der Waals surface area contributed by atoms with Gasteiger partial charge in [-0.1, -0.05) is 19.3 Å². The fraction of sp³-hybridized carbons (Fsp3) is 0.545. The molecule has 44 heavy (non-hydrogen) atoms. The van der Waals surface area contributed by atoms with Crippen LogP contribution in [-0.2, 0) is 0 Å².